The van der Waals surface area contributed by atoms with E-state index in [1.807, 2.05) is 0 Å². The molecule has 9 heteroatoms. The van der Waals surface area contributed by atoms with Gasteiger partial charge in [-0.25, -0.2) is 4.79 Å². The maximum absolute atomic E-state index is 12.0. The number of carbonyl (C=O) groups excluding carboxylic acids is 2. The van der Waals surface area contributed by atoms with Crippen LogP contribution in [0.3, 0.4) is 0 Å². The van der Waals surface area contributed by atoms with E-state index in [0.717, 1.165) is 5.56 Å². The molecule has 0 saturated carbocycles. The van der Waals surface area contributed by atoms with Crippen LogP contribution in [0.25, 0.3) is 0 Å². The predicted molar refractivity (Wildman–Crippen MR) is 113 cm³/mol. The lowest BCUT2D eigenvalue weighted by atomic mass is 10.2. The van der Waals surface area contributed by atoms with Gasteiger partial charge in [0.15, 0.2) is 0 Å². The SMILES string of the molecule is CNC(=O)c1cc(Oc2ccc(CNC(=O)Nc3ccc(Cl)cc3O)cc2)ccn1. The van der Waals surface area contributed by atoms with E-state index in [2.05, 4.69) is 20.9 Å². The Morgan fingerprint density at radius 3 is 2.53 bits per heavy atom. The Morgan fingerprint density at radius 2 is 1.83 bits per heavy atom. The summed E-state index contributed by atoms with van der Waals surface area (Å²) in [6.07, 6.45) is 1.50. The summed E-state index contributed by atoms with van der Waals surface area (Å²) in [7, 11) is 1.53. The Balaban J connectivity index is 1.54. The number of aromatic hydroxyl groups is 1. The minimum Gasteiger partial charge on any atom is -0.506 e. The molecule has 0 radical (unpaired) electrons. The maximum atomic E-state index is 12.0. The molecule has 0 aliphatic carbocycles. The van der Waals surface area contributed by atoms with Gasteiger partial charge in [-0.15, -0.1) is 0 Å². The second-order valence-electron chi connectivity index (χ2n) is 6.17. The fourth-order valence-electron chi connectivity index (χ4n) is 2.50. The highest BCUT2D eigenvalue weighted by molar-refractivity contribution is 6.30. The second kappa shape index (κ2) is 9.62. The van der Waals surface area contributed by atoms with Crippen molar-refractivity contribution in [3.05, 3.63) is 77.1 Å². The first-order valence-corrected chi connectivity index (χ1v) is 9.30. The summed E-state index contributed by atoms with van der Waals surface area (Å²) in [6, 6.07) is 14.3. The first-order valence-electron chi connectivity index (χ1n) is 8.93. The summed E-state index contributed by atoms with van der Waals surface area (Å²) in [5, 5.41) is 17.9. The number of phenols is 1. The number of phenolic OH excluding ortho intramolecular Hbond substituents is 1. The van der Waals surface area contributed by atoms with Crippen molar-refractivity contribution in [2.75, 3.05) is 12.4 Å². The summed E-state index contributed by atoms with van der Waals surface area (Å²) in [4.78, 5) is 27.6. The average Bonchev–Trinajstić information content (AvgIpc) is 2.75. The van der Waals surface area contributed by atoms with Crippen LogP contribution in [0, 0.1) is 0 Å². The molecule has 30 heavy (non-hydrogen) atoms. The highest BCUT2D eigenvalue weighted by Gasteiger charge is 2.08. The van der Waals surface area contributed by atoms with Crippen LogP contribution >= 0.6 is 11.6 Å². The standard InChI is InChI=1S/C21H19ClN4O4/c1-23-20(28)18-11-16(8-9-24-18)30-15-5-2-13(3-6-15)12-25-21(29)26-17-7-4-14(22)10-19(17)27/h2-11,27H,12H2,1H3,(H,23,28)(H2,25,26,29). The van der Waals surface area contributed by atoms with Gasteiger partial charge < -0.3 is 25.8 Å². The van der Waals surface area contributed by atoms with Crippen molar-refractivity contribution >= 4 is 29.2 Å². The van der Waals surface area contributed by atoms with Crippen molar-refractivity contribution in [3.8, 4) is 17.2 Å². The second-order valence-corrected chi connectivity index (χ2v) is 6.61. The summed E-state index contributed by atoms with van der Waals surface area (Å²) >= 11 is 5.77. The predicted octanol–water partition coefficient (Wildman–Crippen LogP) is 3.91. The van der Waals surface area contributed by atoms with Gasteiger partial charge in [0.2, 0.25) is 0 Å². The summed E-state index contributed by atoms with van der Waals surface area (Å²) in [5.41, 5.74) is 1.36. The van der Waals surface area contributed by atoms with E-state index >= 15 is 0 Å². The molecule has 0 atom stereocenters. The van der Waals surface area contributed by atoms with Gasteiger partial charge in [-0.2, -0.15) is 0 Å². The molecule has 3 aromatic rings. The zero-order chi connectivity index (χ0) is 21.5. The molecule has 0 saturated heterocycles. The largest absolute Gasteiger partial charge is 0.506 e. The molecule has 1 heterocycles. The molecule has 154 valence electrons. The van der Waals surface area contributed by atoms with Gasteiger partial charge in [-0.1, -0.05) is 23.7 Å². The number of aromatic nitrogens is 1. The fraction of sp³-hybridized carbons (Fsp3) is 0.0952. The third kappa shape index (κ3) is 5.62. The molecule has 0 aliphatic rings. The van der Waals surface area contributed by atoms with E-state index in [1.54, 1.807) is 42.5 Å². The Kier molecular flexibility index (Phi) is 6.71. The van der Waals surface area contributed by atoms with Gasteiger partial charge in [0, 0.05) is 36.9 Å². The van der Waals surface area contributed by atoms with E-state index in [9.17, 15) is 14.7 Å². The highest BCUT2D eigenvalue weighted by atomic mass is 35.5. The zero-order valence-corrected chi connectivity index (χ0v) is 16.7. The molecule has 1 aromatic heterocycles. The number of benzene rings is 2. The number of ether oxygens (including phenoxy) is 1. The normalized spacial score (nSPS) is 10.2. The number of amides is 3. The number of nitrogens with zero attached hydrogens (tertiary/aromatic N) is 1. The van der Waals surface area contributed by atoms with Gasteiger partial charge in [-0.05, 0) is 35.9 Å². The lowest BCUT2D eigenvalue weighted by molar-refractivity contribution is 0.0958. The van der Waals surface area contributed by atoms with Crippen LogP contribution in [0.1, 0.15) is 16.1 Å². The number of pyridine rings is 1. The number of rotatable bonds is 6. The Bertz CT molecular complexity index is 1060. The van der Waals surface area contributed by atoms with Gasteiger partial charge in [0.1, 0.15) is 22.9 Å². The van der Waals surface area contributed by atoms with Crippen molar-refractivity contribution in [2.45, 2.75) is 6.54 Å². The van der Waals surface area contributed by atoms with Crippen molar-refractivity contribution in [3.63, 3.8) is 0 Å². The average molecular weight is 427 g/mol. The number of urea groups is 1. The van der Waals surface area contributed by atoms with Gasteiger partial charge in [0.05, 0.1) is 5.69 Å². The third-order valence-electron chi connectivity index (χ3n) is 4.01. The third-order valence-corrected chi connectivity index (χ3v) is 4.25. The quantitative estimate of drug-likeness (QED) is 0.446. The maximum Gasteiger partial charge on any atom is 0.319 e. The van der Waals surface area contributed by atoms with E-state index in [-0.39, 0.29) is 29.6 Å². The van der Waals surface area contributed by atoms with E-state index in [4.69, 9.17) is 16.3 Å². The van der Waals surface area contributed by atoms with Crippen LogP contribution in [0.5, 0.6) is 17.2 Å². The molecule has 8 nitrogen and oxygen atoms in total. The smallest absolute Gasteiger partial charge is 0.319 e. The topological polar surface area (TPSA) is 113 Å². The Morgan fingerprint density at radius 1 is 1.07 bits per heavy atom. The van der Waals surface area contributed by atoms with Crippen molar-refractivity contribution in [1.82, 2.24) is 15.6 Å². The lowest BCUT2D eigenvalue weighted by Gasteiger charge is -2.10. The first kappa shape index (κ1) is 20.9. The van der Waals surface area contributed by atoms with Crippen molar-refractivity contribution < 1.29 is 19.4 Å². The van der Waals surface area contributed by atoms with E-state index in [0.29, 0.717) is 16.5 Å². The number of hydrogen-bond donors (Lipinski definition) is 4. The molecule has 0 unspecified atom stereocenters. The van der Waals surface area contributed by atoms with Gasteiger partial charge in [-0.3, -0.25) is 9.78 Å². The van der Waals surface area contributed by atoms with Crippen LogP contribution in [-0.2, 0) is 6.54 Å². The minimum absolute atomic E-state index is 0.116. The van der Waals surface area contributed by atoms with Crippen LogP contribution in [-0.4, -0.2) is 29.1 Å². The van der Waals surface area contributed by atoms with Crippen LogP contribution in [0.4, 0.5) is 10.5 Å². The van der Waals surface area contributed by atoms with E-state index in [1.165, 1.54) is 25.4 Å². The monoisotopic (exact) mass is 426 g/mol. The molecule has 3 amide bonds. The molecule has 2 aromatic carbocycles. The summed E-state index contributed by atoms with van der Waals surface area (Å²) in [5.74, 6) is 0.641. The summed E-state index contributed by atoms with van der Waals surface area (Å²) in [6.45, 7) is 0.274. The highest BCUT2D eigenvalue weighted by Crippen LogP contribution is 2.26. The molecule has 0 spiro atoms. The van der Waals surface area contributed by atoms with Crippen LogP contribution < -0.4 is 20.7 Å². The number of hydrogen-bond acceptors (Lipinski definition) is 5. The Hall–Kier alpha value is -3.78. The van der Waals surface area contributed by atoms with Crippen molar-refractivity contribution in [1.29, 1.82) is 0 Å². The molecular weight excluding hydrogens is 408 g/mol. The van der Waals surface area contributed by atoms with Crippen molar-refractivity contribution in [2.24, 2.45) is 0 Å². The molecule has 4 N–H and O–H groups in total. The zero-order valence-electron chi connectivity index (χ0n) is 16.0. The van der Waals surface area contributed by atoms with Gasteiger partial charge >= 0.3 is 6.03 Å². The lowest BCUT2D eigenvalue weighted by Crippen LogP contribution is -2.28. The number of anilines is 1. The molecular formula is C21H19ClN4O4. The first-order chi connectivity index (χ1) is 14.4. The number of halogens is 1. The van der Waals surface area contributed by atoms with E-state index < -0.39 is 6.03 Å². The minimum atomic E-state index is -0.466. The Labute approximate surface area is 177 Å². The fourth-order valence-corrected chi connectivity index (χ4v) is 2.66. The number of carbonyl (C=O) groups is 2. The molecule has 0 bridgehead atoms. The molecule has 3 rings (SSSR count). The molecule has 0 aliphatic heterocycles. The number of nitrogens with one attached hydrogen (secondary N) is 3. The van der Waals surface area contributed by atoms with Crippen LogP contribution in [0.15, 0.2) is 60.8 Å². The van der Waals surface area contributed by atoms with Crippen LogP contribution in [0.2, 0.25) is 5.02 Å². The summed E-state index contributed by atoms with van der Waals surface area (Å²) < 4.78 is 5.74. The van der Waals surface area contributed by atoms with Gasteiger partial charge in [0.25, 0.3) is 5.91 Å². The molecule has 0 fully saturated rings.